The van der Waals surface area contributed by atoms with Crippen LogP contribution < -0.4 is 5.32 Å². The van der Waals surface area contributed by atoms with Gasteiger partial charge in [0.25, 0.3) is 5.91 Å². The number of nitrogens with zero attached hydrogens (tertiary/aromatic N) is 2. The fourth-order valence-corrected chi connectivity index (χ4v) is 2.17. The molecule has 19 heavy (non-hydrogen) atoms. The van der Waals surface area contributed by atoms with Gasteiger partial charge < -0.3 is 15.5 Å². The highest BCUT2D eigenvalue weighted by atomic mass is 32.2. The highest BCUT2D eigenvalue weighted by Gasteiger charge is 2.23. The molecule has 7 nitrogen and oxygen atoms in total. The number of amides is 1. The lowest BCUT2D eigenvalue weighted by molar-refractivity contribution is -0.140. The predicted octanol–water partition coefficient (Wildman–Crippen LogP) is -0.00936. The summed E-state index contributed by atoms with van der Waals surface area (Å²) in [6, 6.07) is -1.34. The summed E-state index contributed by atoms with van der Waals surface area (Å²) in [5.74, 6) is -1.37. The van der Waals surface area contributed by atoms with E-state index in [1.807, 2.05) is 0 Å². The zero-order valence-electron chi connectivity index (χ0n) is 10.8. The Kier molecular flexibility index (Phi) is 5.25. The van der Waals surface area contributed by atoms with Gasteiger partial charge in [0.05, 0.1) is 17.9 Å². The van der Waals surface area contributed by atoms with Crippen molar-refractivity contribution in [3.8, 4) is 0 Å². The number of aryl methyl sites for hydroxylation is 2. The van der Waals surface area contributed by atoms with E-state index in [-0.39, 0.29) is 5.56 Å². The third kappa shape index (κ3) is 3.65. The van der Waals surface area contributed by atoms with Crippen molar-refractivity contribution in [2.24, 2.45) is 0 Å². The van der Waals surface area contributed by atoms with Crippen LogP contribution >= 0.6 is 11.8 Å². The number of hydrogen-bond donors (Lipinski definition) is 3. The van der Waals surface area contributed by atoms with Gasteiger partial charge in [-0.15, -0.1) is 11.8 Å². The molecule has 1 heterocycles. The van der Waals surface area contributed by atoms with E-state index in [0.717, 1.165) is 0 Å². The fraction of sp³-hybridized carbons (Fsp3) is 0.455. The Bertz CT molecular complexity index is 507. The van der Waals surface area contributed by atoms with Crippen molar-refractivity contribution in [1.29, 1.82) is 0 Å². The van der Waals surface area contributed by atoms with Crippen LogP contribution in [0.2, 0.25) is 0 Å². The highest BCUT2D eigenvalue weighted by molar-refractivity contribution is 7.98. The summed E-state index contributed by atoms with van der Waals surface area (Å²) in [5, 5.41) is 20.4. The first-order valence-electron chi connectivity index (χ1n) is 5.44. The molecular formula is C11H15N3O4S. The number of nitrogens with one attached hydrogen (secondary N) is 1. The van der Waals surface area contributed by atoms with Crippen molar-refractivity contribution in [2.45, 2.75) is 24.9 Å². The Morgan fingerprint density at radius 3 is 2.47 bits per heavy atom. The molecule has 0 bridgehead atoms. The lowest BCUT2D eigenvalue weighted by Crippen LogP contribution is -2.43. The molecule has 0 radical (unpaired) electrons. The van der Waals surface area contributed by atoms with Gasteiger partial charge in [-0.2, -0.15) is 0 Å². The van der Waals surface area contributed by atoms with E-state index in [1.165, 1.54) is 11.8 Å². The number of carboxylic acid groups (broad SMARTS) is 1. The van der Waals surface area contributed by atoms with Crippen molar-refractivity contribution in [2.75, 3.05) is 12.9 Å². The van der Waals surface area contributed by atoms with E-state index < -0.39 is 24.5 Å². The molecule has 1 aromatic rings. The molecule has 0 saturated heterocycles. The number of carboxylic acids is 1. The maximum atomic E-state index is 12.1. The average Bonchev–Trinajstić information content (AvgIpc) is 2.33. The van der Waals surface area contributed by atoms with E-state index in [1.54, 1.807) is 20.1 Å². The summed E-state index contributed by atoms with van der Waals surface area (Å²) >= 11 is 1.27. The third-order valence-corrected chi connectivity index (χ3v) is 3.06. The molecule has 1 aromatic heterocycles. The molecule has 8 heteroatoms. The lowest BCUT2D eigenvalue weighted by atomic mass is 10.2. The minimum absolute atomic E-state index is 0.234. The van der Waals surface area contributed by atoms with Crippen LogP contribution in [0.5, 0.6) is 0 Å². The second-order valence-electron chi connectivity index (χ2n) is 3.79. The molecule has 1 atom stereocenters. The number of hydrogen-bond acceptors (Lipinski definition) is 6. The predicted molar refractivity (Wildman–Crippen MR) is 69.3 cm³/mol. The Balaban J connectivity index is 3.09. The molecule has 1 amide bonds. The summed E-state index contributed by atoms with van der Waals surface area (Å²) < 4.78 is 0. The summed E-state index contributed by atoms with van der Waals surface area (Å²) in [6.45, 7) is 2.68. The van der Waals surface area contributed by atoms with Gasteiger partial charge in [0.15, 0.2) is 6.04 Å². The fourth-order valence-electron chi connectivity index (χ4n) is 1.51. The molecule has 104 valence electrons. The molecule has 1 rings (SSSR count). The minimum Gasteiger partial charge on any atom is -0.480 e. The van der Waals surface area contributed by atoms with Gasteiger partial charge in [0.2, 0.25) is 0 Å². The van der Waals surface area contributed by atoms with Crippen molar-refractivity contribution in [1.82, 2.24) is 15.3 Å². The van der Waals surface area contributed by atoms with Gasteiger partial charge >= 0.3 is 5.97 Å². The van der Waals surface area contributed by atoms with Crippen molar-refractivity contribution < 1.29 is 19.8 Å². The standard InChI is InChI=1S/C11H15N3O4S/c1-5-8(10(19-3)13-6(2)12-5)9(16)14-7(4-15)11(17)18/h7,15H,4H2,1-3H3,(H,14,16)(H,17,18)/t7-/m0/s1. The number of aliphatic hydroxyl groups excluding tert-OH is 1. The van der Waals surface area contributed by atoms with Crippen LogP contribution in [0.15, 0.2) is 5.03 Å². The third-order valence-electron chi connectivity index (χ3n) is 2.37. The van der Waals surface area contributed by atoms with Crippen molar-refractivity contribution in [3.63, 3.8) is 0 Å². The van der Waals surface area contributed by atoms with Crippen LogP contribution in [0.4, 0.5) is 0 Å². The molecule has 0 spiro atoms. The molecular weight excluding hydrogens is 270 g/mol. The quantitative estimate of drug-likeness (QED) is 0.515. The number of aliphatic hydroxyl groups is 1. The SMILES string of the molecule is CSc1nc(C)nc(C)c1C(=O)N[C@@H](CO)C(=O)O. The first-order valence-corrected chi connectivity index (χ1v) is 6.67. The topological polar surface area (TPSA) is 112 Å². The largest absolute Gasteiger partial charge is 0.480 e. The van der Waals surface area contributed by atoms with Gasteiger partial charge in [-0.1, -0.05) is 0 Å². The number of aliphatic carboxylic acids is 1. The van der Waals surface area contributed by atoms with Crippen LogP contribution in [0.3, 0.4) is 0 Å². The molecule has 0 aliphatic carbocycles. The van der Waals surface area contributed by atoms with E-state index >= 15 is 0 Å². The molecule has 0 aromatic carbocycles. The number of carbonyl (C=O) groups excluding carboxylic acids is 1. The normalized spacial score (nSPS) is 12.0. The zero-order chi connectivity index (χ0) is 14.6. The summed E-state index contributed by atoms with van der Waals surface area (Å²) in [6.07, 6.45) is 1.76. The molecule has 0 aliphatic heterocycles. The second kappa shape index (κ2) is 6.48. The lowest BCUT2D eigenvalue weighted by Gasteiger charge is -2.14. The van der Waals surface area contributed by atoms with Gasteiger partial charge in [-0.05, 0) is 20.1 Å². The van der Waals surface area contributed by atoms with Crippen LogP contribution in [-0.4, -0.2) is 51.0 Å². The van der Waals surface area contributed by atoms with Crippen molar-refractivity contribution >= 4 is 23.6 Å². The molecule has 0 fully saturated rings. The highest BCUT2D eigenvalue weighted by Crippen LogP contribution is 2.20. The molecule has 0 unspecified atom stereocenters. The van der Waals surface area contributed by atoms with Gasteiger partial charge in [0, 0.05) is 0 Å². The number of rotatable bonds is 5. The maximum absolute atomic E-state index is 12.1. The van der Waals surface area contributed by atoms with E-state index in [4.69, 9.17) is 10.2 Å². The van der Waals surface area contributed by atoms with Crippen LogP contribution in [0.1, 0.15) is 21.9 Å². The first kappa shape index (κ1) is 15.4. The Morgan fingerprint density at radius 2 is 2.00 bits per heavy atom. The number of thioether (sulfide) groups is 1. The van der Waals surface area contributed by atoms with Gasteiger partial charge in [-0.25, -0.2) is 14.8 Å². The maximum Gasteiger partial charge on any atom is 0.328 e. The monoisotopic (exact) mass is 285 g/mol. The Morgan fingerprint density at radius 1 is 1.37 bits per heavy atom. The van der Waals surface area contributed by atoms with Crippen LogP contribution in [-0.2, 0) is 4.79 Å². The van der Waals surface area contributed by atoms with Gasteiger partial charge in [0.1, 0.15) is 10.9 Å². The molecule has 0 saturated carbocycles. The minimum atomic E-state index is -1.34. The molecule has 3 N–H and O–H groups in total. The van der Waals surface area contributed by atoms with E-state index in [2.05, 4.69) is 15.3 Å². The summed E-state index contributed by atoms with van der Waals surface area (Å²) in [4.78, 5) is 31.0. The second-order valence-corrected chi connectivity index (χ2v) is 4.58. The number of carbonyl (C=O) groups is 2. The van der Waals surface area contributed by atoms with Crippen molar-refractivity contribution in [3.05, 3.63) is 17.1 Å². The van der Waals surface area contributed by atoms with Gasteiger partial charge in [-0.3, -0.25) is 4.79 Å². The Labute approximate surface area is 114 Å². The summed E-state index contributed by atoms with van der Waals surface area (Å²) in [5.41, 5.74) is 0.703. The zero-order valence-corrected chi connectivity index (χ0v) is 11.6. The van der Waals surface area contributed by atoms with Crippen LogP contribution in [0.25, 0.3) is 0 Å². The van der Waals surface area contributed by atoms with E-state index in [9.17, 15) is 9.59 Å². The smallest absolute Gasteiger partial charge is 0.328 e. The van der Waals surface area contributed by atoms with Crippen LogP contribution in [0, 0.1) is 13.8 Å². The Hall–Kier alpha value is -1.67. The van der Waals surface area contributed by atoms with E-state index in [0.29, 0.717) is 16.5 Å². The average molecular weight is 285 g/mol. The number of aromatic nitrogens is 2. The first-order chi connectivity index (χ1) is 8.90. The molecule has 0 aliphatic rings. The summed E-state index contributed by atoms with van der Waals surface area (Å²) in [7, 11) is 0.